The third-order valence-electron chi connectivity index (χ3n) is 2.68. The van der Waals surface area contributed by atoms with Crippen LogP contribution in [-0.2, 0) is 11.0 Å². The molecule has 2 aromatic rings. The third-order valence-corrected chi connectivity index (χ3v) is 2.68. The number of hydrogen-bond donors (Lipinski definition) is 1. The molecule has 0 saturated carbocycles. The molecule has 0 radical (unpaired) electrons. The van der Waals surface area contributed by atoms with Gasteiger partial charge in [0.25, 0.3) is 0 Å². The summed E-state index contributed by atoms with van der Waals surface area (Å²) >= 11 is 0. The van der Waals surface area contributed by atoms with Crippen LogP contribution in [0, 0.1) is 0 Å². The number of aliphatic carboxylic acids is 1. The van der Waals surface area contributed by atoms with E-state index in [9.17, 15) is 18.0 Å². The number of fused-ring (bicyclic) bond motifs is 1. The summed E-state index contributed by atoms with van der Waals surface area (Å²) in [7, 11) is 0. The van der Waals surface area contributed by atoms with Crippen molar-refractivity contribution in [3.8, 4) is 0 Å². The van der Waals surface area contributed by atoms with E-state index in [1.165, 1.54) is 19.1 Å². The number of rotatable bonds is 2. The predicted molar refractivity (Wildman–Crippen MR) is 57.3 cm³/mol. The van der Waals surface area contributed by atoms with Crippen LogP contribution in [0.15, 0.2) is 28.7 Å². The lowest BCUT2D eigenvalue weighted by molar-refractivity contribution is -0.139. The molecule has 0 aliphatic carbocycles. The molecule has 1 unspecified atom stereocenters. The third kappa shape index (κ3) is 2.05. The normalized spacial score (nSPS) is 13.8. The van der Waals surface area contributed by atoms with Gasteiger partial charge in [0.1, 0.15) is 17.3 Å². The smallest absolute Gasteiger partial charge is 0.417 e. The van der Waals surface area contributed by atoms with Gasteiger partial charge >= 0.3 is 12.1 Å². The SMILES string of the molecule is CC(C(=O)O)c1cc2c(C(F)(F)F)cccc2o1. The van der Waals surface area contributed by atoms with Gasteiger partial charge in [-0.05, 0) is 25.1 Å². The zero-order valence-electron chi connectivity index (χ0n) is 9.28. The van der Waals surface area contributed by atoms with Gasteiger partial charge in [-0.25, -0.2) is 0 Å². The summed E-state index contributed by atoms with van der Waals surface area (Å²) in [6, 6.07) is 4.68. The lowest BCUT2D eigenvalue weighted by atomic mass is 10.1. The molecule has 1 N–H and O–H groups in total. The van der Waals surface area contributed by atoms with E-state index in [0.29, 0.717) is 0 Å². The van der Waals surface area contributed by atoms with E-state index in [1.54, 1.807) is 0 Å². The molecule has 0 aliphatic heterocycles. The van der Waals surface area contributed by atoms with Gasteiger partial charge in [0.15, 0.2) is 0 Å². The maximum Gasteiger partial charge on any atom is 0.417 e. The topological polar surface area (TPSA) is 50.4 Å². The van der Waals surface area contributed by atoms with Crippen molar-refractivity contribution in [3.63, 3.8) is 0 Å². The van der Waals surface area contributed by atoms with E-state index in [-0.39, 0.29) is 16.7 Å². The Kier molecular flexibility index (Phi) is 2.80. The molecule has 0 saturated heterocycles. The average Bonchev–Trinajstić information content (AvgIpc) is 2.69. The molecule has 0 bridgehead atoms. The van der Waals surface area contributed by atoms with Crippen molar-refractivity contribution in [1.29, 1.82) is 0 Å². The molecule has 6 heteroatoms. The first-order valence-corrected chi connectivity index (χ1v) is 5.13. The second-order valence-corrected chi connectivity index (χ2v) is 3.92. The van der Waals surface area contributed by atoms with E-state index in [1.807, 2.05) is 0 Å². The zero-order chi connectivity index (χ0) is 13.5. The number of carbonyl (C=O) groups is 1. The summed E-state index contributed by atoms with van der Waals surface area (Å²) in [5.74, 6) is -2.13. The molecular weight excluding hydrogens is 249 g/mol. The molecule has 1 heterocycles. The van der Waals surface area contributed by atoms with Crippen LogP contribution >= 0.6 is 0 Å². The molecular formula is C12H9F3O3. The van der Waals surface area contributed by atoms with Crippen molar-refractivity contribution < 1.29 is 27.5 Å². The molecule has 2 rings (SSSR count). The second kappa shape index (κ2) is 4.04. The molecule has 1 aromatic heterocycles. The predicted octanol–water partition coefficient (Wildman–Crippen LogP) is 3.64. The highest BCUT2D eigenvalue weighted by Gasteiger charge is 2.33. The Morgan fingerprint density at radius 3 is 2.61 bits per heavy atom. The Bertz CT molecular complexity index is 598. The summed E-state index contributed by atoms with van der Waals surface area (Å²) in [4.78, 5) is 10.8. The van der Waals surface area contributed by atoms with Crippen LogP contribution in [-0.4, -0.2) is 11.1 Å². The first-order valence-electron chi connectivity index (χ1n) is 5.13. The molecule has 0 aliphatic rings. The van der Waals surface area contributed by atoms with Crippen molar-refractivity contribution in [2.24, 2.45) is 0 Å². The van der Waals surface area contributed by atoms with Crippen LogP contribution in [0.1, 0.15) is 24.2 Å². The molecule has 0 fully saturated rings. The number of hydrogen-bond acceptors (Lipinski definition) is 2. The van der Waals surface area contributed by atoms with Gasteiger partial charge in [0.2, 0.25) is 0 Å². The van der Waals surface area contributed by atoms with Crippen LogP contribution in [0.5, 0.6) is 0 Å². The Balaban J connectivity index is 2.62. The molecule has 0 spiro atoms. The maximum atomic E-state index is 12.7. The van der Waals surface area contributed by atoms with Crippen molar-refractivity contribution in [1.82, 2.24) is 0 Å². The number of alkyl halides is 3. The summed E-state index contributed by atoms with van der Waals surface area (Å²) in [6.45, 7) is 1.35. The van der Waals surface area contributed by atoms with E-state index in [2.05, 4.69) is 0 Å². The average molecular weight is 258 g/mol. The summed E-state index contributed by atoms with van der Waals surface area (Å²) < 4.78 is 43.3. The van der Waals surface area contributed by atoms with Crippen molar-refractivity contribution in [2.75, 3.05) is 0 Å². The molecule has 1 aromatic carbocycles. The lowest BCUT2D eigenvalue weighted by Gasteiger charge is -2.06. The summed E-state index contributed by atoms with van der Waals surface area (Å²) in [5, 5.41) is 8.69. The van der Waals surface area contributed by atoms with Crippen LogP contribution in [0.4, 0.5) is 13.2 Å². The number of furan rings is 1. The first-order chi connectivity index (χ1) is 8.30. The number of carboxylic acid groups (broad SMARTS) is 1. The van der Waals surface area contributed by atoms with Crippen LogP contribution in [0.25, 0.3) is 11.0 Å². The minimum absolute atomic E-state index is 0.00852. The number of benzene rings is 1. The van der Waals surface area contributed by atoms with E-state index < -0.39 is 23.6 Å². The van der Waals surface area contributed by atoms with Crippen LogP contribution in [0.2, 0.25) is 0 Å². The van der Waals surface area contributed by atoms with Gasteiger partial charge in [0.05, 0.1) is 5.56 Å². The Morgan fingerprint density at radius 2 is 2.06 bits per heavy atom. The molecule has 1 atom stereocenters. The monoisotopic (exact) mass is 258 g/mol. The second-order valence-electron chi connectivity index (χ2n) is 3.92. The highest BCUT2D eigenvalue weighted by molar-refractivity contribution is 5.84. The lowest BCUT2D eigenvalue weighted by Crippen LogP contribution is -2.06. The van der Waals surface area contributed by atoms with Crippen molar-refractivity contribution in [2.45, 2.75) is 19.0 Å². The highest BCUT2D eigenvalue weighted by Crippen LogP contribution is 2.37. The summed E-state index contributed by atoms with van der Waals surface area (Å²) in [6.07, 6.45) is -4.49. The van der Waals surface area contributed by atoms with Gasteiger partial charge in [0, 0.05) is 5.39 Å². The highest BCUT2D eigenvalue weighted by atomic mass is 19.4. The molecule has 18 heavy (non-hydrogen) atoms. The standard InChI is InChI=1S/C12H9F3O3/c1-6(11(16)17)10-5-7-8(12(13,14)15)3-2-4-9(7)18-10/h2-6H,1H3,(H,16,17). The minimum atomic E-state index is -4.49. The summed E-state index contributed by atoms with van der Waals surface area (Å²) in [5.41, 5.74) is -0.791. The van der Waals surface area contributed by atoms with E-state index in [0.717, 1.165) is 12.1 Å². The van der Waals surface area contributed by atoms with Crippen molar-refractivity contribution in [3.05, 3.63) is 35.6 Å². The molecule has 0 amide bonds. The molecule has 3 nitrogen and oxygen atoms in total. The van der Waals surface area contributed by atoms with Crippen LogP contribution in [0.3, 0.4) is 0 Å². The van der Waals surface area contributed by atoms with Gasteiger partial charge in [-0.1, -0.05) is 6.07 Å². The fraction of sp³-hybridized carbons (Fsp3) is 0.250. The maximum absolute atomic E-state index is 12.7. The Labute approximate surface area is 99.8 Å². The Hall–Kier alpha value is -1.98. The number of halogens is 3. The van der Waals surface area contributed by atoms with Gasteiger partial charge < -0.3 is 9.52 Å². The van der Waals surface area contributed by atoms with Gasteiger partial charge in [-0.2, -0.15) is 13.2 Å². The largest absolute Gasteiger partial charge is 0.481 e. The Morgan fingerprint density at radius 1 is 1.39 bits per heavy atom. The quantitative estimate of drug-likeness (QED) is 0.894. The van der Waals surface area contributed by atoms with Gasteiger partial charge in [-0.15, -0.1) is 0 Å². The zero-order valence-corrected chi connectivity index (χ0v) is 9.28. The van der Waals surface area contributed by atoms with Crippen LogP contribution < -0.4 is 0 Å². The minimum Gasteiger partial charge on any atom is -0.481 e. The first kappa shape index (κ1) is 12.5. The fourth-order valence-electron chi connectivity index (χ4n) is 1.66. The molecule has 96 valence electrons. The van der Waals surface area contributed by atoms with Crippen molar-refractivity contribution >= 4 is 16.9 Å². The van der Waals surface area contributed by atoms with E-state index >= 15 is 0 Å². The van der Waals surface area contributed by atoms with Gasteiger partial charge in [-0.3, -0.25) is 4.79 Å². The van der Waals surface area contributed by atoms with E-state index in [4.69, 9.17) is 9.52 Å². The fourth-order valence-corrected chi connectivity index (χ4v) is 1.66. The number of carboxylic acids is 1.